The molecule has 0 saturated carbocycles. The Balaban J connectivity index is 0.00000312. The number of benzene rings is 1. The summed E-state index contributed by atoms with van der Waals surface area (Å²) in [5, 5.41) is 6.74. The number of likely N-dealkylation sites (tertiary alicyclic amines) is 1. The van der Waals surface area contributed by atoms with Gasteiger partial charge in [-0.25, -0.2) is 0 Å². The molecule has 1 amide bonds. The number of amides is 1. The van der Waals surface area contributed by atoms with Gasteiger partial charge in [-0.2, -0.15) is 0 Å². The Bertz CT molecular complexity index is 563. The van der Waals surface area contributed by atoms with Crippen molar-refractivity contribution in [1.82, 2.24) is 15.5 Å². The standard InChI is InChI=1S/C18H28N4O2.HI/c1-4-17(23)22-12-10-15(13-22)21-18(19-2)20-11-9-14-5-7-16(24-3)8-6-14;/h5-8,15H,4,9-13H2,1-3H3,(H2,19,20,21);1H. The van der Waals surface area contributed by atoms with Crippen molar-refractivity contribution < 1.29 is 9.53 Å². The van der Waals surface area contributed by atoms with E-state index in [1.165, 1.54) is 5.56 Å². The first-order valence-corrected chi connectivity index (χ1v) is 8.54. The zero-order valence-electron chi connectivity index (χ0n) is 15.2. The first-order valence-electron chi connectivity index (χ1n) is 8.54. The summed E-state index contributed by atoms with van der Waals surface area (Å²) in [7, 11) is 3.44. The Morgan fingerprint density at radius 1 is 1.36 bits per heavy atom. The Morgan fingerprint density at radius 2 is 2.08 bits per heavy atom. The Morgan fingerprint density at radius 3 is 2.68 bits per heavy atom. The van der Waals surface area contributed by atoms with Crippen LogP contribution in [0, 0.1) is 0 Å². The minimum absolute atomic E-state index is 0. The quantitative estimate of drug-likeness (QED) is 0.388. The van der Waals surface area contributed by atoms with E-state index in [1.807, 2.05) is 24.0 Å². The molecular formula is C18H29IN4O2. The summed E-state index contributed by atoms with van der Waals surface area (Å²) in [6.45, 7) is 4.29. The van der Waals surface area contributed by atoms with Crippen molar-refractivity contribution in [1.29, 1.82) is 0 Å². The molecule has 0 spiro atoms. The number of hydrogen-bond acceptors (Lipinski definition) is 3. The summed E-state index contributed by atoms with van der Waals surface area (Å²) < 4.78 is 5.16. The van der Waals surface area contributed by atoms with E-state index < -0.39 is 0 Å². The Kier molecular flexibility index (Phi) is 9.62. The van der Waals surface area contributed by atoms with Crippen LogP contribution in [0.15, 0.2) is 29.3 Å². The van der Waals surface area contributed by atoms with Gasteiger partial charge in [-0.3, -0.25) is 9.79 Å². The number of hydrogen-bond donors (Lipinski definition) is 2. The third kappa shape index (κ3) is 6.72. The normalized spacial score (nSPS) is 17.0. The molecule has 1 atom stereocenters. The number of methoxy groups -OCH3 is 1. The summed E-state index contributed by atoms with van der Waals surface area (Å²) >= 11 is 0. The van der Waals surface area contributed by atoms with Crippen molar-refractivity contribution in [2.24, 2.45) is 4.99 Å². The third-order valence-electron chi connectivity index (χ3n) is 4.27. The molecule has 1 unspecified atom stereocenters. The van der Waals surface area contributed by atoms with Crippen LogP contribution in [0.3, 0.4) is 0 Å². The number of carbonyl (C=O) groups is 1. The van der Waals surface area contributed by atoms with Crippen LogP contribution in [0.4, 0.5) is 0 Å². The molecule has 0 aliphatic carbocycles. The van der Waals surface area contributed by atoms with Crippen molar-refractivity contribution in [3.8, 4) is 5.75 Å². The number of ether oxygens (including phenoxy) is 1. The highest BCUT2D eigenvalue weighted by atomic mass is 127. The summed E-state index contributed by atoms with van der Waals surface area (Å²) in [5.41, 5.74) is 1.25. The average Bonchev–Trinajstić information content (AvgIpc) is 3.09. The molecular weight excluding hydrogens is 431 g/mol. The van der Waals surface area contributed by atoms with E-state index in [0.717, 1.165) is 44.2 Å². The van der Waals surface area contributed by atoms with E-state index in [0.29, 0.717) is 6.42 Å². The zero-order valence-corrected chi connectivity index (χ0v) is 17.6. The van der Waals surface area contributed by atoms with Gasteiger partial charge < -0.3 is 20.3 Å². The van der Waals surface area contributed by atoms with Gasteiger partial charge in [-0.05, 0) is 30.5 Å². The lowest BCUT2D eigenvalue weighted by molar-refractivity contribution is -0.129. The monoisotopic (exact) mass is 460 g/mol. The number of halogens is 1. The van der Waals surface area contributed by atoms with Crippen LogP contribution in [-0.4, -0.2) is 56.6 Å². The molecule has 6 nitrogen and oxygen atoms in total. The second-order valence-corrected chi connectivity index (χ2v) is 5.92. The molecule has 1 aliphatic heterocycles. The molecule has 1 aliphatic rings. The van der Waals surface area contributed by atoms with Crippen LogP contribution in [0.2, 0.25) is 0 Å². The highest BCUT2D eigenvalue weighted by Crippen LogP contribution is 2.12. The van der Waals surface area contributed by atoms with Crippen molar-refractivity contribution in [2.75, 3.05) is 33.8 Å². The smallest absolute Gasteiger partial charge is 0.222 e. The number of rotatable bonds is 6. The van der Waals surface area contributed by atoms with Crippen LogP contribution in [-0.2, 0) is 11.2 Å². The molecule has 1 aromatic carbocycles. The minimum atomic E-state index is 0. The van der Waals surface area contributed by atoms with Crippen molar-refractivity contribution in [3.63, 3.8) is 0 Å². The van der Waals surface area contributed by atoms with Gasteiger partial charge in [0.1, 0.15) is 5.75 Å². The molecule has 2 rings (SSSR count). The van der Waals surface area contributed by atoms with E-state index in [2.05, 4.69) is 27.8 Å². The van der Waals surface area contributed by atoms with Gasteiger partial charge >= 0.3 is 0 Å². The maximum Gasteiger partial charge on any atom is 0.222 e. The molecule has 0 aromatic heterocycles. The van der Waals surface area contributed by atoms with E-state index in [-0.39, 0.29) is 35.9 Å². The maximum atomic E-state index is 11.7. The first-order chi connectivity index (χ1) is 11.7. The number of nitrogens with zero attached hydrogens (tertiary/aromatic N) is 2. The number of nitrogens with one attached hydrogen (secondary N) is 2. The Labute approximate surface area is 167 Å². The fourth-order valence-electron chi connectivity index (χ4n) is 2.83. The minimum Gasteiger partial charge on any atom is -0.497 e. The van der Waals surface area contributed by atoms with E-state index >= 15 is 0 Å². The van der Waals surface area contributed by atoms with Crippen molar-refractivity contribution >= 4 is 35.8 Å². The summed E-state index contributed by atoms with van der Waals surface area (Å²) in [6.07, 6.45) is 2.45. The van der Waals surface area contributed by atoms with Gasteiger partial charge in [0.05, 0.1) is 7.11 Å². The third-order valence-corrected chi connectivity index (χ3v) is 4.27. The lowest BCUT2D eigenvalue weighted by Crippen LogP contribution is -2.45. The molecule has 1 fully saturated rings. The Hall–Kier alpha value is -1.51. The van der Waals surface area contributed by atoms with Crippen LogP contribution < -0.4 is 15.4 Å². The van der Waals surface area contributed by atoms with Crippen molar-refractivity contribution in [3.05, 3.63) is 29.8 Å². The number of guanidine groups is 1. The lowest BCUT2D eigenvalue weighted by Gasteiger charge is -2.18. The SMILES string of the molecule is CCC(=O)N1CCC(NC(=NC)NCCc2ccc(OC)cc2)C1.I. The van der Waals surface area contributed by atoms with Crippen molar-refractivity contribution in [2.45, 2.75) is 32.2 Å². The topological polar surface area (TPSA) is 66.0 Å². The second kappa shape index (κ2) is 11.2. The molecule has 0 bridgehead atoms. The maximum absolute atomic E-state index is 11.7. The summed E-state index contributed by atoms with van der Waals surface area (Å²) in [6, 6.07) is 8.36. The highest BCUT2D eigenvalue weighted by Gasteiger charge is 2.25. The van der Waals surface area contributed by atoms with Crippen LogP contribution >= 0.6 is 24.0 Å². The fourth-order valence-corrected chi connectivity index (χ4v) is 2.83. The molecule has 0 radical (unpaired) electrons. The second-order valence-electron chi connectivity index (χ2n) is 5.92. The van der Waals surface area contributed by atoms with Gasteiger partial charge in [0.2, 0.25) is 5.91 Å². The van der Waals surface area contributed by atoms with Gasteiger partial charge in [0.25, 0.3) is 0 Å². The first kappa shape index (κ1) is 21.5. The largest absolute Gasteiger partial charge is 0.497 e. The van der Waals surface area contributed by atoms with E-state index in [9.17, 15) is 4.79 Å². The molecule has 7 heteroatoms. The molecule has 1 aromatic rings. The van der Waals surface area contributed by atoms with E-state index in [1.54, 1.807) is 14.2 Å². The van der Waals surface area contributed by atoms with Gasteiger partial charge in [0, 0.05) is 39.1 Å². The average molecular weight is 460 g/mol. The van der Waals surface area contributed by atoms with Crippen LogP contribution in [0.5, 0.6) is 5.75 Å². The molecule has 1 saturated heterocycles. The number of carbonyl (C=O) groups excluding carboxylic acids is 1. The van der Waals surface area contributed by atoms with E-state index in [4.69, 9.17) is 4.74 Å². The molecule has 140 valence electrons. The molecule has 25 heavy (non-hydrogen) atoms. The molecule has 1 heterocycles. The zero-order chi connectivity index (χ0) is 17.4. The molecule has 2 N–H and O–H groups in total. The lowest BCUT2D eigenvalue weighted by atomic mass is 10.1. The summed E-state index contributed by atoms with van der Waals surface area (Å²) in [5.74, 6) is 1.89. The number of aliphatic imine (C=N–C) groups is 1. The highest BCUT2D eigenvalue weighted by molar-refractivity contribution is 14.0. The van der Waals surface area contributed by atoms with Gasteiger partial charge in [0.15, 0.2) is 5.96 Å². The van der Waals surface area contributed by atoms with Crippen LogP contribution in [0.1, 0.15) is 25.3 Å². The predicted octanol–water partition coefficient (Wildman–Crippen LogP) is 2.03. The van der Waals surface area contributed by atoms with Crippen LogP contribution in [0.25, 0.3) is 0 Å². The fraction of sp³-hybridized carbons (Fsp3) is 0.556. The predicted molar refractivity (Wildman–Crippen MR) is 112 cm³/mol. The summed E-state index contributed by atoms with van der Waals surface area (Å²) in [4.78, 5) is 17.9. The van der Waals surface area contributed by atoms with Gasteiger partial charge in [-0.1, -0.05) is 19.1 Å². The van der Waals surface area contributed by atoms with Gasteiger partial charge in [-0.15, -0.1) is 24.0 Å².